The van der Waals surface area contributed by atoms with Crippen molar-refractivity contribution in [2.45, 2.75) is 0 Å². The first-order chi connectivity index (χ1) is 8.69. The smallest absolute Gasteiger partial charge is 0.148 e. The Kier molecular flexibility index (Phi) is 3.74. The number of hydrogen-bond acceptors (Lipinski definition) is 5. The van der Waals surface area contributed by atoms with E-state index < -0.39 is 0 Å². The van der Waals surface area contributed by atoms with Gasteiger partial charge in [-0.15, -0.1) is 5.11 Å². The van der Waals surface area contributed by atoms with E-state index in [1.807, 2.05) is 0 Å². The van der Waals surface area contributed by atoms with E-state index in [1.54, 1.807) is 43.6 Å². The molecule has 0 spiro atoms. The topological polar surface area (TPSA) is 72.9 Å². The number of nitrogens with two attached hydrogens (primary N) is 1. The first-order valence-corrected chi connectivity index (χ1v) is 5.53. The lowest BCUT2D eigenvalue weighted by Gasteiger charge is -2.03. The van der Waals surface area contributed by atoms with Gasteiger partial charge >= 0.3 is 0 Å². The van der Waals surface area contributed by atoms with Crippen LogP contribution in [0.4, 0.5) is 17.1 Å². The molecule has 0 fully saturated rings. The number of nitrogen functional groups attached to an aromatic ring is 1. The third kappa shape index (κ3) is 2.95. The summed E-state index contributed by atoms with van der Waals surface area (Å²) in [6.45, 7) is 0. The third-order valence-electron chi connectivity index (χ3n) is 2.19. The van der Waals surface area contributed by atoms with E-state index >= 15 is 0 Å². The van der Waals surface area contributed by atoms with Gasteiger partial charge in [-0.05, 0) is 18.2 Å². The number of azo groups is 1. The molecule has 1 aromatic heterocycles. The van der Waals surface area contributed by atoms with Crippen molar-refractivity contribution in [2.24, 2.45) is 10.2 Å². The molecule has 0 saturated carbocycles. The van der Waals surface area contributed by atoms with Gasteiger partial charge in [0.25, 0.3) is 0 Å². The van der Waals surface area contributed by atoms with Crippen LogP contribution in [0.3, 0.4) is 0 Å². The monoisotopic (exact) mass is 262 g/mol. The molecule has 5 nitrogen and oxygen atoms in total. The third-order valence-corrected chi connectivity index (χ3v) is 2.39. The molecule has 0 aliphatic rings. The maximum absolute atomic E-state index is 5.75. The van der Waals surface area contributed by atoms with Crippen molar-refractivity contribution in [3.8, 4) is 5.75 Å². The first-order valence-electron chi connectivity index (χ1n) is 5.16. The van der Waals surface area contributed by atoms with Gasteiger partial charge in [-0.3, -0.25) is 0 Å². The molecule has 0 amide bonds. The van der Waals surface area contributed by atoms with Crippen molar-refractivity contribution in [1.82, 2.24) is 4.98 Å². The Hall–Kier alpha value is -2.14. The second-order valence-corrected chi connectivity index (χ2v) is 3.86. The van der Waals surface area contributed by atoms with Gasteiger partial charge < -0.3 is 10.5 Å². The second kappa shape index (κ2) is 5.46. The summed E-state index contributed by atoms with van der Waals surface area (Å²) in [6, 6.07) is 8.48. The Morgan fingerprint density at radius 2 is 2.06 bits per heavy atom. The molecule has 0 aliphatic carbocycles. The number of rotatable bonds is 3. The molecule has 2 rings (SSSR count). The van der Waals surface area contributed by atoms with Crippen LogP contribution >= 0.6 is 11.6 Å². The van der Waals surface area contributed by atoms with E-state index in [0.29, 0.717) is 28.0 Å². The molecule has 18 heavy (non-hydrogen) atoms. The fourth-order valence-electron chi connectivity index (χ4n) is 1.34. The van der Waals surface area contributed by atoms with Crippen molar-refractivity contribution in [1.29, 1.82) is 0 Å². The van der Waals surface area contributed by atoms with Gasteiger partial charge in [0.05, 0.1) is 12.8 Å². The summed E-state index contributed by atoms with van der Waals surface area (Å²) in [6.07, 6.45) is 1.57. The minimum atomic E-state index is 0.371. The summed E-state index contributed by atoms with van der Waals surface area (Å²) in [7, 11) is 1.55. The van der Waals surface area contributed by atoms with Gasteiger partial charge in [0.15, 0.2) is 0 Å². The van der Waals surface area contributed by atoms with Crippen molar-refractivity contribution >= 4 is 28.7 Å². The van der Waals surface area contributed by atoms with Gasteiger partial charge in [-0.2, -0.15) is 5.11 Å². The highest BCUT2D eigenvalue weighted by atomic mass is 35.5. The molecule has 0 bridgehead atoms. The number of halogens is 1. The molecular formula is C12H11ClN4O. The largest absolute Gasteiger partial charge is 0.494 e. The number of nitrogens with zero attached hydrogens (tertiary/aromatic N) is 3. The second-order valence-electron chi connectivity index (χ2n) is 3.47. The number of hydrogen-bond donors (Lipinski definition) is 1. The number of benzene rings is 1. The predicted octanol–water partition coefficient (Wildman–Crippen LogP) is 3.74. The maximum Gasteiger partial charge on any atom is 0.148 e. The number of methoxy groups -OCH3 is 1. The molecule has 0 radical (unpaired) electrons. The lowest BCUT2D eigenvalue weighted by molar-refractivity contribution is 0.416. The quantitative estimate of drug-likeness (QED) is 0.520. The highest BCUT2D eigenvalue weighted by Gasteiger charge is 2.02. The molecule has 6 heteroatoms. The van der Waals surface area contributed by atoms with Gasteiger partial charge in [-0.25, -0.2) is 4.98 Å². The molecular weight excluding hydrogens is 252 g/mol. The van der Waals surface area contributed by atoms with Crippen molar-refractivity contribution in [3.63, 3.8) is 0 Å². The molecule has 2 N–H and O–H groups in total. The van der Waals surface area contributed by atoms with Gasteiger partial charge in [0.1, 0.15) is 16.6 Å². The summed E-state index contributed by atoms with van der Waals surface area (Å²) in [5, 5.41) is 8.51. The van der Waals surface area contributed by atoms with Crippen LogP contribution in [0.5, 0.6) is 5.75 Å². The zero-order valence-corrected chi connectivity index (χ0v) is 10.4. The Morgan fingerprint density at radius 3 is 2.78 bits per heavy atom. The van der Waals surface area contributed by atoms with Crippen LogP contribution in [0.15, 0.2) is 46.8 Å². The van der Waals surface area contributed by atoms with Crippen molar-refractivity contribution in [3.05, 3.63) is 41.7 Å². The molecule has 0 unspecified atom stereocenters. The average molecular weight is 263 g/mol. The molecule has 2 aromatic rings. The predicted molar refractivity (Wildman–Crippen MR) is 70.8 cm³/mol. The van der Waals surface area contributed by atoms with E-state index in [4.69, 9.17) is 22.1 Å². The van der Waals surface area contributed by atoms with Crippen LogP contribution < -0.4 is 10.5 Å². The van der Waals surface area contributed by atoms with E-state index in [2.05, 4.69) is 15.2 Å². The highest BCUT2D eigenvalue weighted by Crippen LogP contribution is 2.30. The van der Waals surface area contributed by atoms with E-state index in [9.17, 15) is 0 Å². The minimum absolute atomic E-state index is 0.371. The fourth-order valence-corrected chi connectivity index (χ4v) is 1.51. The number of pyridine rings is 1. The molecule has 0 saturated heterocycles. The Labute approximate surface area is 109 Å². The summed E-state index contributed by atoms with van der Waals surface area (Å²) in [5.74, 6) is 0.568. The first kappa shape index (κ1) is 12.3. The van der Waals surface area contributed by atoms with Gasteiger partial charge in [-0.1, -0.05) is 11.6 Å². The standard InChI is InChI=1S/C12H11ClN4O/c1-18-11-6-8(14)2-3-10(11)17-16-9-4-5-15-12(13)7-9/h2-7H,14H2,1H3. The number of anilines is 1. The van der Waals surface area contributed by atoms with E-state index in [1.165, 1.54) is 0 Å². The Morgan fingerprint density at radius 1 is 1.22 bits per heavy atom. The minimum Gasteiger partial charge on any atom is -0.494 e. The van der Waals surface area contributed by atoms with Crippen molar-refractivity contribution in [2.75, 3.05) is 12.8 Å². The van der Waals surface area contributed by atoms with Crippen LogP contribution in [0, 0.1) is 0 Å². The zero-order chi connectivity index (χ0) is 13.0. The van der Waals surface area contributed by atoms with Crippen LogP contribution in [0.25, 0.3) is 0 Å². The van der Waals surface area contributed by atoms with E-state index in [0.717, 1.165) is 0 Å². The Bertz CT molecular complexity index is 586. The van der Waals surface area contributed by atoms with Crippen molar-refractivity contribution < 1.29 is 4.74 Å². The fraction of sp³-hybridized carbons (Fsp3) is 0.0833. The highest BCUT2D eigenvalue weighted by molar-refractivity contribution is 6.29. The van der Waals surface area contributed by atoms with Crippen LogP contribution in [-0.4, -0.2) is 12.1 Å². The molecule has 1 aromatic carbocycles. The SMILES string of the molecule is COc1cc(N)ccc1N=Nc1ccnc(Cl)c1. The number of aromatic nitrogens is 1. The Balaban J connectivity index is 2.28. The lowest BCUT2D eigenvalue weighted by atomic mass is 10.2. The summed E-state index contributed by atoms with van der Waals surface area (Å²) >= 11 is 5.75. The van der Waals surface area contributed by atoms with Gasteiger partial charge in [0, 0.05) is 24.0 Å². The average Bonchev–Trinajstić information content (AvgIpc) is 2.37. The molecule has 92 valence electrons. The molecule has 0 atom stereocenters. The summed E-state index contributed by atoms with van der Waals surface area (Å²) < 4.78 is 5.17. The van der Waals surface area contributed by atoms with E-state index in [-0.39, 0.29) is 0 Å². The van der Waals surface area contributed by atoms with Crippen LogP contribution in [-0.2, 0) is 0 Å². The maximum atomic E-state index is 5.75. The molecule has 1 heterocycles. The van der Waals surface area contributed by atoms with Crippen LogP contribution in [0.1, 0.15) is 0 Å². The molecule has 0 aliphatic heterocycles. The zero-order valence-electron chi connectivity index (χ0n) is 9.67. The summed E-state index contributed by atoms with van der Waals surface area (Å²) in [5.41, 5.74) is 7.48. The lowest BCUT2D eigenvalue weighted by Crippen LogP contribution is -1.87. The number of ether oxygens (including phenoxy) is 1. The normalized spacial score (nSPS) is 10.8. The summed E-state index contributed by atoms with van der Waals surface area (Å²) in [4.78, 5) is 3.86. The van der Waals surface area contributed by atoms with Crippen LogP contribution in [0.2, 0.25) is 5.15 Å². The van der Waals surface area contributed by atoms with Gasteiger partial charge in [0.2, 0.25) is 0 Å².